The minimum atomic E-state index is 0. The van der Waals surface area contributed by atoms with Gasteiger partial charge in [0, 0.05) is 37.1 Å². The van der Waals surface area contributed by atoms with Crippen LogP contribution in [0.25, 0.3) is 10.8 Å². The summed E-state index contributed by atoms with van der Waals surface area (Å²) >= 11 is 0. The number of nitrogens with one attached hydrogen (secondary N) is 1. The Hall–Kier alpha value is -3.31. The molecule has 0 saturated heterocycles. The van der Waals surface area contributed by atoms with E-state index in [1.807, 2.05) is 47.5 Å². The lowest BCUT2D eigenvalue weighted by Gasteiger charge is -2.24. The van der Waals surface area contributed by atoms with Crippen molar-refractivity contribution in [1.29, 1.82) is 0 Å². The van der Waals surface area contributed by atoms with E-state index < -0.39 is 0 Å². The topological polar surface area (TPSA) is 52.2 Å². The molecule has 1 amide bonds. The van der Waals surface area contributed by atoms with Crippen molar-refractivity contribution in [3.05, 3.63) is 96.1 Å². The molecule has 3 aromatic carbocycles. The van der Waals surface area contributed by atoms with Gasteiger partial charge in [-0.3, -0.25) is 4.79 Å². The summed E-state index contributed by atoms with van der Waals surface area (Å²) in [4.78, 5) is 25.1. The first-order valence-electron chi connectivity index (χ1n) is 9.87. The third kappa shape index (κ3) is 3.76. The second-order valence-corrected chi connectivity index (χ2v) is 7.38. The van der Waals surface area contributed by atoms with Crippen molar-refractivity contribution in [1.82, 2.24) is 14.9 Å². The molecule has 0 saturated carbocycles. The molecule has 0 unspecified atom stereocenters. The van der Waals surface area contributed by atoms with Crippen LogP contribution in [0.15, 0.2) is 79.3 Å². The number of rotatable bonds is 3. The minimum Gasteiger partial charge on any atom is -0.364 e. The average molecular weight is 419 g/mol. The Labute approximate surface area is 181 Å². The number of carbonyl (C=O) groups is 1. The average Bonchev–Trinajstić information content (AvgIpc) is 3.21. The number of fused-ring (bicyclic) bond motifs is 2. The molecule has 2 heterocycles. The number of carbonyl (C=O) groups excluding carboxylic acids is 1. The van der Waals surface area contributed by atoms with Crippen LogP contribution in [0.4, 0.5) is 5.69 Å². The second kappa shape index (κ2) is 8.59. The third-order valence-electron chi connectivity index (χ3n) is 5.56. The summed E-state index contributed by atoms with van der Waals surface area (Å²) < 4.78 is 0. The molecule has 30 heavy (non-hydrogen) atoms. The summed E-state index contributed by atoms with van der Waals surface area (Å²) in [5.74, 6) is 0.0833. The van der Waals surface area contributed by atoms with Gasteiger partial charge in [0.15, 0.2) is 0 Å². The number of H-pyrrole nitrogens is 1. The van der Waals surface area contributed by atoms with Gasteiger partial charge in [0.1, 0.15) is 0 Å². The molecule has 152 valence electrons. The fourth-order valence-electron chi connectivity index (χ4n) is 4.10. The van der Waals surface area contributed by atoms with Gasteiger partial charge in [0.05, 0.1) is 18.6 Å². The Balaban J connectivity index is 0.00000218. The van der Waals surface area contributed by atoms with Crippen molar-refractivity contribution in [2.75, 3.05) is 18.0 Å². The molecule has 1 aromatic heterocycles. The molecule has 1 N–H and O–H groups in total. The maximum Gasteiger partial charge on any atom is 0.254 e. The van der Waals surface area contributed by atoms with E-state index in [9.17, 15) is 4.79 Å². The number of nitrogens with zero attached hydrogens (tertiary/aromatic N) is 3. The normalized spacial score (nSPS) is 13.5. The van der Waals surface area contributed by atoms with Gasteiger partial charge in [0.2, 0.25) is 0 Å². The zero-order valence-electron chi connectivity index (χ0n) is 16.5. The monoisotopic (exact) mass is 418 g/mol. The second-order valence-electron chi connectivity index (χ2n) is 7.38. The van der Waals surface area contributed by atoms with Crippen LogP contribution in [0, 0.1) is 0 Å². The summed E-state index contributed by atoms with van der Waals surface area (Å²) in [5, 5.41) is 2.10. The highest BCUT2D eigenvalue weighted by Crippen LogP contribution is 2.28. The number of aromatic nitrogens is 2. The van der Waals surface area contributed by atoms with Gasteiger partial charge < -0.3 is 14.8 Å². The molecule has 0 atom stereocenters. The number of para-hydroxylation sites is 1. The van der Waals surface area contributed by atoms with Crippen molar-refractivity contribution >= 4 is 34.8 Å². The van der Waals surface area contributed by atoms with Gasteiger partial charge in [-0.1, -0.05) is 54.6 Å². The zero-order chi connectivity index (χ0) is 19.6. The Morgan fingerprint density at radius 3 is 2.63 bits per heavy atom. The highest BCUT2D eigenvalue weighted by Gasteiger charge is 2.24. The third-order valence-corrected chi connectivity index (χ3v) is 5.56. The van der Waals surface area contributed by atoms with Crippen molar-refractivity contribution in [3.8, 4) is 0 Å². The number of anilines is 1. The van der Waals surface area contributed by atoms with Gasteiger partial charge in [-0.15, -0.1) is 12.4 Å². The minimum absolute atomic E-state index is 0. The van der Waals surface area contributed by atoms with Crippen LogP contribution in [0.1, 0.15) is 21.6 Å². The Bertz CT molecular complexity index is 1150. The molecule has 0 bridgehead atoms. The summed E-state index contributed by atoms with van der Waals surface area (Å²) in [6.45, 7) is 2.79. The van der Waals surface area contributed by atoms with E-state index >= 15 is 0 Å². The van der Waals surface area contributed by atoms with E-state index in [1.54, 1.807) is 6.33 Å². The number of imidazole rings is 1. The molecule has 5 rings (SSSR count). The largest absolute Gasteiger partial charge is 0.364 e. The van der Waals surface area contributed by atoms with Gasteiger partial charge >= 0.3 is 0 Å². The number of amides is 1. The van der Waals surface area contributed by atoms with Crippen molar-refractivity contribution in [3.63, 3.8) is 0 Å². The van der Waals surface area contributed by atoms with Crippen molar-refractivity contribution < 1.29 is 4.79 Å². The predicted molar refractivity (Wildman–Crippen MR) is 122 cm³/mol. The van der Waals surface area contributed by atoms with E-state index in [0.29, 0.717) is 13.1 Å². The van der Waals surface area contributed by atoms with E-state index in [1.165, 1.54) is 5.69 Å². The molecule has 5 nitrogen and oxygen atoms in total. The fourth-order valence-corrected chi connectivity index (χ4v) is 4.10. The fraction of sp³-hybridized carbons (Fsp3) is 0.167. The highest BCUT2D eigenvalue weighted by molar-refractivity contribution is 6.07. The Kier molecular flexibility index (Phi) is 5.72. The summed E-state index contributed by atoms with van der Waals surface area (Å²) in [5.41, 5.74) is 4.17. The molecule has 1 aliphatic heterocycles. The van der Waals surface area contributed by atoms with Crippen LogP contribution < -0.4 is 4.90 Å². The maximum absolute atomic E-state index is 13.5. The summed E-state index contributed by atoms with van der Waals surface area (Å²) in [6, 6.07) is 22.4. The molecule has 6 heteroatoms. The molecule has 4 aromatic rings. The Morgan fingerprint density at radius 1 is 0.967 bits per heavy atom. The SMILES string of the molecule is Cl.O=C(c1cccc2ccccc12)N1CCN(Cc2cnc[nH]2)c2ccccc2C1. The van der Waals surface area contributed by atoms with Crippen molar-refractivity contribution in [2.45, 2.75) is 13.1 Å². The molecule has 0 spiro atoms. The van der Waals surface area contributed by atoms with Crippen LogP contribution in [-0.4, -0.2) is 33.9 Å². The molecular weight excluding hydrogens is 396 g/mol. The van der Waals surface area contributed by atoms with Gasteiger partial charge in [-0.05, 0) is 28.5 Å². The number of aromatic amines is 1. The zero-order valence-corrected chi connectivity index (χ0v) is 17.3. The van der Waals surface area contributed by atoms with Gasteiger partial charge in [-0.2, -0.15) is 0 Å². The number of halogens is 1. The number of hydrogen-bond donors (Lipinski definition) is 1. The Morgan fingerprint density at radius 2 is 1.77 bits per heavy atom. The highest BCUT2D eigenvalue weighted by atomic mass is 35.5. The number of hydrogen-bond acceptors (Lipinski definition) is 3. The van der Waals surface area contributed by atoms with Crippen LogP contribution in [0.2, 0.25) is 0 Å². The predicted octanol–water partition coefficient (Wildman–Crippen LogP) is 4.65. The molecule has 1 aliphatic rings. The number of benzene rings is 3. The molecule has 0 fully saturated rings. The smallest absolute Gasteiger partial charge is 0.254 e. The van der Waals surface area contributed by atoms with Gasteiger partial charge in [0.25, 0.3) is 5.91 Å². The lowest BCUT2D eigenvalue weighted by molar-refractivity contribution is 0.0753. The van der Waals surface area contributed by atoms with Gasteiger partial charge in [-0.25, -0.2) is 4.98 Å². The lowest BCUT2D eigenvalue weighted by Crippen LogP contribution is -2.35. The summed E-state index contributed by atoms with van der Waals surface area (Å²) in [7, 11) is 0. The first-order valence-corrected chi connectivity index (χ1v) is 9.87. The quantitative estimate of drug-likeness (QED) is 0.527. The van der Waals surface area contributed by atoms with Crippen LogP contribution in [0.5, 0.6) is 0 Å². The van der Waals surface area contributed by atoms with Crippen LogP contribution >= 0.6 is 12.4 Å². The van der Waals surface area contributed by atoms with Crippen molar-refractivity contribution in [2.24, 2.45) is 0 Å². The first-order chi connectivity index (χ1) is 14.3. The molecule has 0 radical (unpaired) electrons. The first kappa shape index (κ1) is 20.0. The molecular formula is C24H23ClN4O. The summed E-state index contributed by atoms with van der Waals surface area (Å²) in [6.07, 6.45) is 3.56. The van der Waals surface area contributed by atoms with Crippen LogP contribution in [-0.2, 0) is 13.1 Å². The van der Waals surface area contributed by atoms with E-state index in [0.717, 1.165) is 40.7 Å². The van der Waals surface area contributed by atoms with E-state index in [-0.39, 0.29) is 18.3 Å². The van der Waals surface area contributed by atoms with E-state index in [4.69, 9.17) is 0 Å². The maximum atomic E-state index is 13.5. The van der Waals surface area contributed by atoms with E-state index in [2.05, 4.69) is 45.2 Å². The standard InChI is InChI=1S/C24H22N4O.ClH/c29-24(22-10-5-8-18-6-1-3-9-21(18)22)28-13-12-27(16-20-14-25-17-26-20)23-11-4-2-7-19(23)15-28;/h1-11,14,17H,12-13,15-16H2,(H,25,26);1H. The lowest BCUT2D eigenvalue weighted by atomic mass is 10.0. The molecule has 0 aliphatic carbocycles. The van der Waals surface area contributed by atoms with Crippen LogP contribution in [0.3, 0.4) is 0 Å².